The molecule has 52 heavy (non-hydrogen) atoms. The number of carbonyl (C=O) groups is 4. The number of fused-ring (bicyclic) bond motifs is 2. The van der Waals surface area contributed by atoms with Crippen LogP contribution < -0.4 is 15.4 Å². The standard InChI is InChI=1S/C38H45BrN6O7/c1-37(2,3)52-36(50)40-29-14-9-7-5-6-8-12-25-21-38(25,35(48)49)41-33(46)30-20-27(22-44(30)34(29)47)45-42-31(23-15-17-28(51-4)18-16-23)32(43-45)24-11-10-13-26(39)19-24/h8,10-13,15-19,25,27,29-30H,5-7,9,14,20-22H2,1-4H3,(H,40,50)(H,41,46)(H,48,49)/t25-,27+,29+,30+,38-/m1/s1. The highest BCUT2D eigenvalue weighted by Crippen LogP contribution is 2.46. The van der Waals surface area contributed by atoms with Crippen molar-refractivity contribution >= 4 is 39.8 Å². The zero-order chi connectivity index (χ0) is 37.2. The van der Waals surface area contributed by atoms with E-state index in [0.717, 1.165) is 34.9 Å². The highest BCUT2D eigenvalue weighted by molar-refractivity contribution is 9.10. The monoisotopic (exact) mass is 776 g/mol. The van der Waals surface area contributed by atoms with E-state index in [-0.39, 0.29) is 25.3 Å². The molecular weight excluding hydrogens is 732 g/mol. The number of carbonyl (C=O) groups excluding carboxylic acids is 3. The zero-order valence-electron chi connectivity index (χ0n) is 29.8. The second kappa shape index (κ2) is 15.1. The fourth-order valence-corrected chi connectivity index (χ4v) is 7.35. The van der Waals surface area contributed by atoms with Crippen molar-refractivity contribution in [1.29, 1.82) is 0 Å². The number of amides is 3. The van der Waals surface area contributed by atoms with Gasteiger partial charge in [0.15, 0.2) is 0 Å². The number of hydrogen-bond acceptors (Lipinski definition) is 8. The molecule has 14 heteroatoms. The Hall–Kier alpha value is -4.72. The molecule has 3 aromatic rings. The van der Waals surface area contributed by atoms with Crippen LogP contribution in [0.5, 0.6) is 5.75 Å². The Morgan fingerprint density at radius 3 is 2.44 bits per heavy atom. The average Bonchev–Trinajstić information content (AvgIpc) is 3.40. The molecule has 0 unspecified atom stereocenters. The van der Waals surface area contributed by atoms with E-state index < -0.39 is 53.1 Å². The van der Waals surface area contributed by atoms with Crippen LogP contribution in [0.1, 0.15) is 71.8 Å². The van der Waals surface area contributed by atoms with Crippen LogP contribution in [-0.2, 0) is 19.1 Å². The van der Waals surface area contributed by atoms with Gasteiger partial charge in [-0.25, -0.2) is 9.59 Å². The highest BCUT2D eigenvalue weighted by Gasteiger charge is 2.61. The lowest BCUT2D eigenvalue weighted by Crippen LogP contribution is -2.56. The van der Waals surface area contributed by atoms with Gasteiger partial charge in [0.05, 0.1) is 13.2 Å². The average molecular weight is 778 g/mol. The highest BCUT2D eigenvalue weighted by atomic mass is 79.9. The Balaban J connectivity index is 1.38. The molecule has 0 bridgehead atoms. The summed E-state index contributed by atoms with van der Waals surface area (Å²) in [6.45, 7) is 5.29. The maximum absolute atomic E-state index is 14.5. The van der Waals surface area contributed by atoms with E-state index in [2.05, 4.69) is 26.6 Å². The van der Waals surface area contributed by atoms with E-state index in [9.17, 15) is 24.3 Å². The van der Waals surface area contributed by atoms with E-state index >= 15 is 0 Å². The largest absolute Gasteiger partial charge is 0.497 e. The second-order valence-electron chi connectivity index (χ2n) is 14.7. The quantitative estimate of drug-likeness (QED) is 0.259. The van der Waals surface area contributed by atoms with Gasteiger partial charge in [0.2, 0.25) is 11.8 Å². The summed E-state index contributed by atoms with van der Waals surface area (Å²) in [5.74, 6) is -1.81. The number of hydrogen-bond donors (Lipinski definition) is 3. The Bertz CT molecular complexity index is 1850. The normalized spacial score (nSPS) is 25.2. The fourth-order valence-electron chi connectivity index (χ4n) is 6.95. The molecule has 3 aliphatic rings. The molecule has 3 N–H and O–H groups in total. The van der Waals surface area contributed by atoms with Gasteiger partial charge in [-0.15, -0.1) is 0 Å². The van der Waals surface area contributed by atoms with E-state index in [1.807, 2.05) is 60.7 Å². The first kappa shape index (κ1) is 37.1. The minimum absolute atomic E-state index is 0.0570. The van der Waals surface area contributed by atoms with Crippen LogP contribution in [0.25, 0.3) is 22.5 Å². The van der Waals surface area contributed by atoms with E-state index in [0.29, 0.717) is 30.0 Å². The predicted molar refractivity (Wildman–Crippen MR) is 196 cm³/mol. The van der Waals surface area contributed by atoms with Gasteiger partial charge in [0, 0.05) is 34.5 Å². The maximum Gasteiger partial charge on any atom is 0.408 e. The molecule has 2 aliphatic heterocycles. The van der Waals surface area contributed by atoms with Crippen molar-refractivity contribution in [2.75, 3.05) is 13.7 Å². The first-order valence-corrected chi connectivity index (χ1v) is 18.5. The molecule has 1 saturated heterocycles. The fraction of sp³-hybridized carbons (Fsp3) is 0.474. The molecule has 0 spiro atoms. The van der Waals surface area contributed by atoms with Crippen LogP contribution in [0.4, 0.5) is 4.79 Å². The number of aromatic nitrogens is 3. The van der Waals surface area contributed by atoms with Crippen molar-refractivity contribution in [3.05, 3.63) is 65.2 Å². The molecule has 3 heterocycles. The molecule has 5 atom stereocenters. The molecule has 276 valence electrons. The van der Waals surface area contributed by atoms with Crippen molar-refractivity contribution in [2.45, 2.75) is 95.0 Å². The number of ether oxygens (including phenoxy) is 2. The van der Waals surface area contributed by atoms with E-state index in [1.165, 1.54) is 4.90 Å². The lowest BCUT2D eigenvalue weighted by molar-refractivity contribution is -0.145. The number of aliphatic carboxylic acids is 1. The maximum atomic E-state index is 14.5. The lowest BCUT2D eigenvalue weighted by Gasteiger charge is -2.30. The molecule has 1 aliphatic carbocycles. The Morgan fingerprint density at radius 2 is 1.77 bits per heavy atom. The van der Waals surface area contributed by atoms with Gasteiger partial charge in [0.1, 0.15) is 40.4 Å². The molecule has 6 rings (SSSR count). The van der Waals surface area contributed by atoms with Crippen LogP contribution in [0.3, 0.4) is 0 Å². The van der Waals surface area contributed by atoms with E-state index in [1.54, 1.807) is 32.7 Å². The molecule has 0 radical (unpaired) electrons. The van der Waals surface area contributed by atoms with Gasteiger partial charge >= 0.3 is 12.1 Å². The summed E-state index contributed by atoms with van der Waals surface area (Å²) in [5, 5.41) is 25.7. The van der Waals surface area contributed by atoms with Crippen LogP contribution in [0.2, 0.25) is 0 Å². The number of methoxy groups -OCH3 is 1. The lowest BCUT2D eigenvalue weighted by atomic mass is 10.0. The van der Waals surface area contributed by atoms with Crippen molar-refractivity contribution in [3.8, 4) is 28.3 Å². The summed E-state index contributed by atoms with van der Waals surface area (Å²) >= 11 is 3.56. The Morgan fingerprint density at radius 1 is 1.04 bits per heavy atom. The van der Waals surface area contributed by atoms with Crippen LogP contribution in [0.15, 0.2) is 65.2 Å². The number of nitrogens with one attached hydrogen (secondary N) is 2. The van der Waals surface area contributed by atoms with Gasteiger partial charge in [-0.1, -0.05) is 53.1 Å². The van der Waals surface area contributed by atoms with Gasteiger partial charge in [0.25, 0.3) is 0 Å². The summed E-state index contributed by atoms with van der Waals surface area (Å²) in [6.07, 6.45) is 6.86. The first-order chi connectivity index (χ1) is 24.8. The van der Waals surface area contributed by atoms with Gasteiger partial charge in [-0.3, -0.25) is 9.59 Å². The number of alkyl carbamates (subject to hydrolysis) is 1. The number of nitrogens with zero attached hydrogens (tertiary/aromatic N) is 4. The topological polar surface area (TPSA) is 165 Å². The molecule has 3 amide bonds. The summed E-state index contributed by atoms with van der Waals surface area (Å²) in [7, 11) is 1.60. The number of carboxylic acid groups (broad SMARTS) is 1. The van der Waals surface area contributed by atoms with Crippen molar-refractivity contribution in [2.24, 2.45) is 5.92 Å². The summed E-state index contributed by atoms with van der Waals surface area (Å²) < 4.78 is 11.7. The molecule has 1 saturated carbocycles. The van der Waals surface area contributed by atoms with Gasteiger partial charge in [-0.05, 0) is 82.9 Å². The number of carboxylic acids is 1. The van der Waals surface area contributed by atoms with Crippen molar-refractivity contribution in [1.82, 2.24) is 30.5 Å². The number of halogens is 1. The van der Waals surface area contributed by atoms with E-state index in [4.69, 9.17) is 19.7 Å². The second-order valence-corrected chi connectivity index (χ2v) is 15.6. The third-order valence-corrected chi connectivity index (χ3v) is 10.2. The van der Waals surface area contributed by atoms with Crippen molar-refractivity contribution < 1.29 is 33.8 Å². The number of allylic oxidation sites excluding steroid dienone is 1. The summed E-state index contributed by atoms with van der Waals surface area (Å²) in [5.41, 5.74) is 0.573. The minimum atomic E-state index is -1.45. The minimum Gasteiger partial charge on any atom is -0.497 e. The smallest absolute Gasteiger partial charge is 0.408 e. The Kier molecular flexibility index (Phi) is 10.8. The zero-order valence-corrected chi connectivity index (χ0v) is 31.4. The van der Waals surface area contributed by atoms with Crippen LogP contribution in [0, 0.1) is 5.92 Å². The van der Waals surface area contributed by atoms with Crippen molar-refractivity contribution in [3.63, 3.8) is 0 Å². The third kappa shape index (κ3) is 8.16. The SMILES string of the molecule is COc1ccc(-c2nn([C@H]3C[C@H]4C(=O)N[C@]5(C(=O)O)C[C@H]5C=CCCCCC[C@H](NC(=O)OC(C)(C)C)C(=O)N4C3)nc2-c2cccc(Br)c2)cc1. The number of benzene rings is 2. The summed E-state index contributed by atoms with van der Waals surface area (Å²) in [6, 6.07) is 12.6. The Labute approximate surface area is 311 Å². The van der Waals surface area contributed by atoms with Crippen LogP contribution >= 0.6 is 15.9 Å². The summed E-state index contributed by atoms with van der Waals surface area (Å²) in [4.78, 5) is 57.2. The molecule has 13 nitrogen and oxygen atoms in total. The van der Waals surface area contributed by atoms with Gasteiger partial charge in [-0.2, -0.15) is 15.0 Å². The van der Waals surface area contributed by atoms with Crippen LogP contribution in [-0.4, -0.2) is 85.8 Å². The van der Waals surface area contributed by atoms with Gasteiger partial charge < -0.3 is 30.1 Å². The first-order valence-electron chi connectivity index (χ1n) is 17.7. The molecule has 2 aromatic carbocycles. The number of rotatable bonds is 6. The molecule has 1 aromatic heterocycles. The molecular formula is C38H45BrN6O7. The third-order valence-electron chi connectivity index (χ3n) is 9.75. The predicted octanol–water partition coefficient (Wildman–Crippen LogP) is 5.90. The molecule has 2 fully saturated rings.